The van der Waals surface area contributed by atoms with E-state index >= 15 is 0 Å². The van der Waals surface area contributed by atoms with Gasteiger partial charge in [-0.25, -0.2) is 5.48 Å². The van der Waals surface area contributed by atoms with Crippen LogP contribution in [-0.4, -0.2) is 28.1 Å². The van der Waals surface area contributed by atoms with Crippen molar-refractivity contribution in [2.45, 2.75) is 20.3 Å². The Labute approximate surface area is 64.1 Å². The molecule has 0 unspecified atom stereocenters. The van der Waals surface area contributed by atoms with E-state index in [1.54, 1.807) is 0 Å². The number of carbonyl (C=O) groups is 1. The van der Waals surface area contributed by atoms with E-state index in [1.807, 2.05) is 0 Å². The third-order valence-electron chi connectivity index (χ3n) is 0.496. The molecule has 0 saturated heterocycles. The van der Waals surface area contributed by atoms with Crippen LogP contribution in [-0.2, 0) is 9.32 Å². The molecule has 0 bridgehead atoms. The number of carboxylic acid groups (broad SMARTS) is 1. The number of aliphatic carboxylic acids is 1. The van der Waals surface area contributed by atoms with E-state index in [0.717, 1.165) is 30.4 Å². The Morgan fingerprint density at radius 1 is 1.80 bits per heavy atom. The Hall–Kier alpha value is -0.393. The Balaban J connectivity index is 0. The highest BCUT2D eigenvalue weighted by Gasteiger charge is 1.70. The van der Waals surface area contributed by atoms with Crippen molar-refractivity contribution in [1.82, 2.24) is 5.48 Å². The van der Waals surface area contributed by atoms with Gasteiger partial charge in [0.1, 0.15) is 0 Å². The van der Waals surface area contributed by atoms with Crippen LogP contribution in [0.4, 0.5) is 0 Å². The lowest BCUT2D eigenvalue weighted by Crippen LogP contribution is -2.12. The Bertz CT molecular complexity index is 71.3. The van der Waals surface area contributed by atoms with Crippen LogP contribution in [0.1, 0.15) is 20.3 Å². The number of hydrogen-bond donors (Lipinski definition) is 2. The van der Waals surface area contributed by atoms with Gasteiger partial charge < -0.3 is 9.63 Å². The van der Waals surface area contributed by atoms with Gasteiger partial charge in [0.25, 0.3) is 5.97 Å². The van der Waals surface area contributed by atoms with Crippen molar-refractivity contribution in [3.8, 4) is 0 Å². The number of hydroxylamine groups is 1. The molecule has 0 aliphatic heterocycles. The molecule has 0 rings (SSSR count). The van der Waals surface area contributed by atoms with Gasteiger partial charge in [-0.2, -0.15) is 0 Å². The first kappa shape index (κ1) is 12.3. The second kappa shape index (κ2) is 11.4. The zero-order valence-electron chi connectivity index (χ0n) is 6.68. The molecule has 0 saturated carbocycles. The molecule has 5 heteroatoms. The summed E-state index contributed by atoms with van der Waals surface area (Å²) in [4.78, 5) is 9.00. The first-order chi connectivity index (χ1) is 4.65. The van der Waals surface area contributed by atoms with Gasteiger partial charge in [0.05, 0.1) is 0 Å². The molecular weight excluding hydrogens is 150 g/mol. The fourth-order valence-electron chi connectivity index (χ4n) is 0.204. The van der Waals surface area contributed by atoms with Crippen molar-refractivity contribution in [2.75, 3.05) is 6.54 Å². The lowest BCUT2D eigenvalue weighted by atomic mass is 10.5. The van der Waals surface area contributed by atoms with Crippen LogP contribution in [0.3, 0.4) is 0 Å². The predicted molar refractivity (Wildman–Crippen MR) is 42.6 cm³/mol. The molecule has 0 fully saturated rings. The van der Waals surface area contributed by atoms with Crippen LogP contribution < -0.4 is 5.48 Å². The van der Waals surface area contributed by atoms with Gasteiger partial charge in [-0.1, -0.05) is 6.92 Å². The summed E-state index contributed by atoms with van der Waals surface area (Å²) < 4.78 is 4.67. The lowest BCUT2D eigenvalue weighted by Gasteiger charge is -1.94. The molecule has 0 spiro atoms. The standard InChI is InChI=1S/C3H11NOSi.C2H4O2/c1-2-3-4-5-6;1-2(3)4/h4H,2-3H2,1,6H3;1H3,(H,3,4). The van der Waals surface area contributed by atoms with Crippen LogP contribution in [0.5, 0.6) is 0 Å². The SMILES string of the molecule is CC(=O)O.CCCNO[SiH3]. The van der Waals surface area contributed by atoms with Crippen molar-refractivity contribution >= 4 is 16.5 Å². The summed E-state index contributed by atoms with van der Waals surface area (Å²) in [6, 6.07) is 0. The maximum atomic E-state index is 9.00. The predicted octanol–water partition coefficient (Wildman–Crippen LogP) is -0.711. The van der Waals surface area contributed by atoms with E-state index in [9.17, 15) is 0 Å². The van der Waals surface area contributed by atoms with Crippen molar-refractivity contribution in [3.63, 3.8) is 0 Å². The maximum absolute atomic E-state index is 9.00. The van der Waals surface area contributed by atoms with Crippen LogP contribution in [0.15, 0.2) is 0 Å². The van der Waals surface area contributed by atoms with Crippen molar-refractivity contribution < 1.29 is 14.4 Å². The third kappa shape index (κ3) is 48.9. The summed E-state index contributed by atoms with van der Waals surface area (Å²) in [7, 11) is 0.792. The zero-order valence-corrected chi connectivity index (χ0v) is 8.68. The van der Waals surface area contributed by atoms with Crippen LogP contribution in [0.2, 0.25) is 0 Å². The zero-order chi connectivity index (χ0) is 8.41. The van der Waals surface area contributed by atoms with E-state index in [4.69, 9.17) is 9.90 Å². The van der Waals surface area contributed by atoms with Crippen LogP contribution >= 0.6 is 0 Å². The first-order valence-electron chi connectivity index (χ1n) is 3.10. The monoisotopic (exact) mass is 165 g/mol. The average molecular weight is 165 g/mol. The highest BCUT2D eigenvalue weighted by molar-refractivity contribution is 5.97. The fraction of sp³-hybridized carbons (Fsp3) is 0.800. The second-order valence-electron chi connectivity index (χ2n) is 1.62. The van der Waals surface area contributed by atoms with Gasteiger partial charge in [0.2, 0.25) is 0 Å². The molecule has 0 aromatic rings. The highest BCUT2D eigenvalue weighted by atomic mass is 28.2. The number of hydrogen-bond acceptors (Lipinski definition) is 3. The molecule has 4 nitrogen and oxygen atoms in total. The molecule has 0 aromatic heterocycles. The molecule has 10 heavy (non-hydrogen) atoms. The van der Waals surface area contributed by atoms with Crippen molar-refractivity contribution in [3.05, 3.63) is 0 Å². The minimum absolute atomic E-state index is 0.792. The number of rotatable bonds is 3. The Morgan fingerprint density at radius 3 is 2.30 bits per heavy atom. The maximum Gasteiger partial charge on any atom is 0.300 e. The summed E-state index contributed by atoms with van der Waals surface area (Å²) in [6.45, 7) is 4.16. The summed E-state index contributed by atoms with van der Waals surface area (Å²) in [5, 5.41) is 7.42. The Kier molecular flexibility index (Phi) is 14.0. The molecule has 62 valence electrons. The van der Waals surface area contributed by atoms with Gasteiger partial charge in [-0.15, -0.1) is 0 Å². The normalized spacial score (nSPS) is 8.20. The molecule has 0 radical (unpaired) electrons. The van der Waals surface area contributed by atoms with Gasteiger partial charge in [-0.05, 0) is 6.42 Å². The quantitative estimate of drug-likeness (QED) is 0.329. The second-order valence-corrected chi connectivity index (χ2v) is 2.03. The van der Waals surface area contributed by atoms with Crippen LogP contribution in [0, 0.1) is 0 Å². The molecule has 0 heterocycles. The van der Waals surface area contributed by atoms with Crippen molar-refractivity contribution in [2.24, 2.45) is 0 Å². The van der Waals surface area contributed by atoms with E-state index in [0.29, 0.717) is 0 Å². The summed E-state index contributed by atoms with van der Waals surface area (Å²) in [5.74, 6) is -0.833. The van der Waals surface area contributed by atoms with Crippen molar-refractivity contribution in [1.29, 1.82) is 0 Å². The molecule has 0 aliphatic rings. The largest absolute Gasteiger partial charge is 0.481 e. The van der Waals surface area contributed by atoms with E-state index in [2.05, 4.69) is 16.9 Å². The van der Waals surface area contributed by atoms with Crippen LogP contribution in [0.25, 0.3) is 0 Å². The highest BCUT2D eigenvalue weighted by Crippen LogP contribution is 1.65. The Morgan fingerprint density at radius 2 is 2.20 bits per heavy atom. The summed E-state index contributed by atoms with van der Waals surface area (Å²) in [5.41, 5.74) is 2.76. The summed E-state index contributed by atoms with van der Waals surface area (Å²) in [6.07, 6.45) is 1.14. The molecule has 0 aliphatic carbocycles. The molecule has 0 atom stereocenters. The smallest absolute Gasteiger partial charge is 0.300 e. The van der Waals surface area contributed by atoms with Gasteiger partial charge >= 0.3 is 0 Å². The minimum atomic E-state index is -0.833. The summed E-state index contributed by atoms with van der Waals surface area (Å²) >= 11 is 0. The number of nitrogens with one attached hydrogen (secondary N) is 1. The fourth-order valence-corrected chi connectivity index (χ4v) is 0.408. The molecule has 2 N–H and O–H groups in total. The average Bonchev–Trinajstić information content (AvgIpc) is 1.82. The molecule has 0 aromatic carbocycles. The van der Waals surface area contributed by atoms with Gasteiger partial charge in [0.15, 0.2) is 10.5 Å². The first-order valence-corrected chi connectivity index (χ1v) is 3.92. The van der Waals surface area contributed by atoms with E-state index in [1.165, 1.54) is 0 Å². The van der Waals surface area contributed by atoms with Gasteiger partial charge in [0, 0.05) is 13.5 Å². The molecular formula is C5H15NO3Si. The van der Waals surface area contributed by atoms with Gasteiger partial charge in [-0.3, -0.25) is 4.79 Å². The van der Waals surface area contributed by atoms with E-state index < -0.39 is 5.97 Å². The minimum Gasteiger partial charge on any atom is -0.481 e. The lowest BCUT2D eigenvalue weighted by molar-refractivity contribution is -0.134. The van der Waals surface area contributed by atoms with E-state index in [-0.39, 0.29) is 0 Å². The topological polar surface area (TPSA) is 58.6 Å². The molecule has 0 amide bonds. The third-order valence-corrected chi connectivity index (χ3v) is 0.785. The number of carboxylic acids is 1.